The summed E-state index contributed by atoms with van der Waals surface area (Å²) in [5.74, 6) is -0.723. The van der Waals surface area contributed by atoms with E-state index in [1.807, 2.05) is 12.1 Å². The predicted molar refractivity (Wildman–Crippen MR) is 76.0 cm³/mol. The Kier molecular flexibility index (Phi) is 4.76. The van der Waals surface area contributed by atoms with Gasteiger partial charge in [0.15, 0.2) is 6.10 Å². The molecular formula is C14H15ClN2O3. The fourth-order valence-electron chi connectivity index (χ4n) is 1.87. The van der Waals surface area contributed by atoms with Gasteiger partial charge in [-0.05, 0) is 23.8 Å². The molecule has 2 rings (SSSR count). The van der Waals surface area contributed by atoms with Crippen molar-refractivity contribution in [3.05, 3.63) is 40.9 Å². The van der Waals surface area contributed by atoms with Crippen LogP contribution >= 0.6 is 11.6 Å². The smallest absolute Gasteiger partial charge is 0.248 e. The van der Waals surface area contributed by atoms with Gasteiger partial charge < -0.3 is 15.4 Å². The Morgan fingerprint density at radius 3 is 2.70 bits per heavy atom. The molecule has 1 heterocycles. The lowest BCUT2D eigenvalue weighted by Gasteiger charge is -2.30. The van der Waals surface area contributed by atoms with Crippen molar-refractivity contribution in [2.75, 3.05) is 19.7 Å². The van der Waals surface area contributed by atoms with Crippen LogP contribution in [0.4, 0.5) is 0 Å². The van der Waals surface area contributed by atoms with Crippen molar-refractivity contribution in [1.29, 1.82) is 0 Å². The highest BCUT2D eigenvalue weighted by Gasteiger charge is 2.26. The highest BCUT2D eigenvalue weighted by atomic mass is 35.5. The van der Waals surface area contributed by atoms with E-state index < -0.39 is 12.0 Å². The zero-order valence-corrected chi connectivity index (χ0v) is 11.5. The number of ether oxygens (including phenoxy) is 1. The largest absolute Gasteiger partial charge is 0.367 e. The minimum absolute atomic E-state index is 0.172. The van der Waals surface area contributed by atoms with E-state index >= 15 is 0 Å². The molecule has 5 nitrogen and oxygen atoms in total. The Morgan fingerprint density at radius 1 is 1.35 bits per heavy atom. The summed E-state index contributed by atoms with van der Waals surface area (Å²) >= 11 is 5.78. The summed E-state index contributed by atoms with van der Waals surface area (Å²) in [6, 6.07) is 7.14. The van der Waals surface area contributed by atoms with Crippen LogP contribution in [0.5, 0.6) is 0 Å². The molecule has 1 aliphatic heterocycles. The molecule has 106 valence electrons. The third-order valence-electron chi connectivity index (χ3n) is 2.98. The average molecular weight is 295 g/mol. The van der Waals surface area contributed by atoms with Crippen molar-refractivity contribution in [2.45, 2.75) is 6.10 Å². The number of nitrogens with two attached hydrogens (primary N) is 1. The fourth-order valence-corrected chi connectivity index (χ4v) is 1.99. The Morgan fingerprint density at radius 2 is 2.05 bits per heavy atom. The maximum absolute atomic E-state index is 12.0. The van der Waals surface area contributed by atoms with Crippen LogP contribution in [-0.2, 0) is 14.3 Å². The van der Waals surface area contributed by atoms with Crippen LogP contribution in [0.15, 0.2) is 30.3 Å². The van der Waals surface area contributed by atoms with Crippen molar-refractivity contribution in [3.8, 4) is 0 Å². The van der Waals surface area contributed by atoms with Gasteiger partial charge in [0.2, 0.25) is 11.8 Å². The van der Waals surface area contributed by atoms with Crippen LogP contribution in [0.1, 0.15) is 5.56 Å². The molecule has 1 unspecified atom stereocenters. The predicted octanol–water partition coefficient (Wildman–Crippen LogP) is 1.07. The number of carbonyl (C=O) groups is 2. The van der Waals surface area contributed by atoms with Gasteiger partial charge in [-0.25, -0.2) is 0 Å². The molecular weight excluding hydrogens is 280 g/mol. The summed E-state index contributed by atoms with van der Waals surface area (Å²) in [5.41, 5.74) is 6.05. The number of halogens is 1. The zero-order chi connectivity index (χ0) is 14.5. The lowest BCUT2D eigenvalue weighted by atomic mass is 10.2. The second-order valence-electron chi connectivity index (χ2n) is 4.43. The number of hydrogen-bond acceptors (Lipinski definition) is 3. The number of benzene rings is 1. The quantitative estimate of drug-likeness (QED) is 0.848. The van der Waals surface area contributed by atoms with Crippen molar-refractivity contribution in [2.24, 2.45) is 5.73 Å². The zero-order valence-electron chi connectivity index (χ0n) is 10.8. The van der Waals surface area contributed by atoms with Gasteiger partial charge in [-0.3, -0.25) is 9.59 Å². The summed E-state index contributed by atoms with van der Waals surface area (Å²) in [4.78, 5) is 24.6. The molecule has 0 saturated carbocycles. The molecule has 1 aliphatic rings. The molecule has 0 aromatic heterocycles. The van der Waals surface area contributed by atoms with Crippen LogP contribution in [0.2, 0.25) is 5.02 Å². The summed E-state index contributed by atoms with van der Waals surface area (Å²) in [7, 11) is 0. The number of primary amides is 1. The molecule has 1 atom stereocenters. The van der Waals surface area contributed by atoms with Crippen LogP contribution in [-0.4, -0.2) is 42.5 Å². The molecule has 6 heteroatoms. The first-order chi connectivity index (χ1) is 9.56. The highest BCUT2D eigenvalue weighted by molar-refractivity contribution is 6.30. The second-order valence-corrected chi connectivity index (χ2v) is 4.87. The number of morpholine rings is 1. The molecule has 1 aromatic rings. The van der Waals surface area contributed by atoms with Gasteiger partial charge in [-0.15, -0.1) is 0 Å². The van der Waals surface area contributed by atoms with Crippen molar-refractivity contribution < 1.29 is 14.3 Å². The van der Waals surface area contributed by atoms with E-state index in [2.05, 4.69) is 0 Å². The normalized spacial score (nSPS) is 19.2. The maximum Gasteiger partial charge on any atom is 0.248 e. The fraction of sp³-hybridized carbons (Fsp3) is 0.286. The van der Waals surface area contributed by atoms with Crippen LogP contribution in [0, 0.1) is 0 Å². The number of hydrogen-bond donors (Lipinski definition) is 1. The van der Waals surface area contributed by atoms with Crippen LogP contribution in [0.3, 0.4) is 0 Å². The molecule has 2 amide bonds. The van der Waals surface area contributed by atoms with Gasteiger partial charge in [0.1, 0.15) is 0 Å². The van der Waals surface area contributed by atoms with E-state index in [9.17, 15) is 9.59 Å². The summed E-state index contributed by atoms with van der Waals surface area (Å²) in [6.07, 6.45) is 2.44. The Bertz CT molecular complexity index is 528. The average Bonchev–Trinajstić information content (AvgIpc) is 2.46. The molecule has 1 saturated heterocycles. The van der Waals surface area contributed by atoms with Gasteiger partial charge >= 0.3 is 0 Å². The molecule has 1 aromatic carbocycles. The van der Waals surface area contributed by atoms with Crippen molar-refractivity contribution >= 4 is 29.5 Å². The van der Waals surface area contributed by atoms with Crippen LogP contribution in [0.25, 0.3) is 6.08 Å². The summed E-state index contributed by atoms with van der Waals surface area (Å²) in [5, 5.41) is 0.644. The highest BCUT2D eigenvalue weighted by Crippen LogP contribution is 2.11. The lowest BCUT2D eigenvalue weighted by molar-refractivity contribution is -0.142. The van der Waals surface area contributed by atoms with E-state index in [4.69, 9.17) is 22.1 Å². The standard InChI is InChI=1S/C14H15ClN2O3/c15-11-4-1-10(2-5-11)3-6-13(18)17-7-8-20-12(9-17)14(16)19/h1-6,12H,7-9H2,(H2,16,19)/b6-3+. The first-order valence-electron chi connectivity index (χ1n) is 6.20. The minimum atomic E-state index is -0.725. The summed E-state index contributed by atoms with van der Waals surface area (Å²) in [6.45, 7) is 0.959. The maximum atomic E-state index is 12.0. The van der Waals surface area contributed by atoms with Crippen molar-refractivity contribution in [1.82, 2.24) is 4.90 Å². The molecule has 0 radical (unpaired) electrons. The van der Waals surface area contributed by atoms with Gasteiger partial charge in [-0.1, -0.05) is 23.7 Å². The van der Waals surface area contributed by atoms with E-state index in [0.717, 1.165) is 5.56 Å². The lowest BCUT2D eigenvalue weighted by Crippen LogP contribution is -2.50. The van der Waals surface area contributed by atoms with Gasteiger partial charge in [0.05, 0.1) is 13.2 Å². The molecule has 0 spiro atoms. The Balaban J connectivity index is 1.97. The molecule has 0 bridgehead atoms. The molecule has 2 N–H and O–H groups in total. The number of nitrogens with zero attached hydrogens (tertiary/aromatic N) is 1. The Hall–Kier alpha value is -1.85. The van der Waals surface area contributed by atoms with Crippen molar-refractivity contribution in [3.63, 3.8) is 0 Å². The van der Waals surface area contributed by atoms with Gasteiger partial charge in [0.25, 0.3) is 0 Å². The number of amides is 2. The minimum Gasteiger partial charge on any atom is -0.367 e. The SMILES string of the molecule is NC(=O)C1CN(C(=O)/C=C/c2ccc(Cl)cc2)CCO1. The van der Waals surface area contributed by atoms with Crippen LogP contribution < -0.4 is 5.73 Å². The Labute approximate surface area is 121 Å². The first-order valence-corrected chi connectivity index (χ1v) is 6.57. The molecule has 1 fully saturated rings. The summed E-state index contributed by atoms with van der Waals surface area (Å²) < 4.78 is 5.19. The number of carbonyl (C=O) groups excluding carboxylic acids is 2. The van der Waals surface area contributed by atoms with E-state index in [0.29, 0.717) is 18.2 Å². The molecule has 0 aliphatic carbocycles. The topological polar surface area (TPSA) is 72.6 Å². The third kappa shape index (κ3) is 3.82. The third-order valence-corrected chi connectivity index (χ3v) is 3.24. The second kappa shape index (κ2) is 6.54. The monoisotopic (exact) mass is 294 g/mol. The van der Waals surface area contributed by atoms with Gasteiger partial charge in [-0.2, -0.15) is 0 Å². The first kappa shape index (κ1) is 14.6. The van der Waals surface area contributed by atoms with E-state index in [-0.39, 0.29) is 12.5 Å². The van der Waals surface area contributed by atoms with Gasteiger partial charge in [0, 0.05) is 17.6 Å². The van der Waals surface area contributed by atoms with E-state index in [1.165, 1.54) is 6.08 Å². The van der Waals surface area contributed by atoms with E-state index in [1.54, 1.807) is 23.1 Å². The number of rotatable bonds is 3. The molecule has 20 heavy (non-hydrogen) atoms.